The van der Waals surface area contributed by atoms with Gasteiger partial charge in [0, 0.05) is 12.3 Å². The number of hydrogen-bond acceptors (Lipinski definition) is 2. The van der Waals surface area contributed by atoms with Crippen LogP contribution in [-0.2, 0) is 9.59 Å². The van der Waals surface area contributed by atoms with Crippen molar-refractivity contribution < 1.29 is 9.59 Å². The Morgan fingerprint density at radius 2 is 1.83 bits per heavy atom. The van der Waals surface area contributed by atoms with E-state index in [9.17, 15) is 9.59 Å². The third-order valence-electron chi connectivity index (χ3n) is 8.45. The van der Waals surface area contributed by atoms with Gasteiger partial charge in [-0.1, -0.05) is 19.4 Å². The van der Waals surface area contributed by atoms with Crippen LogP contribution < -0.4 is 0 Å². The quantitative estimate of drug-likeness (QED) is 0.701. The van der Waals surface area contributed by atoms with Gasteiger partial charge >= 0.3 is 0 Å². The molecule has 4 rings (SSSR count). The van der Waals surface area contributed by atoms with E-state index in [0.717, 1.165) is 43.4 Å². The minimum Gasteiger partial charge on any atom is -0.300 e. The van der Waals surface area contributed by atoms with Crippen LogP contribution in [0.1, 0.15) is 72.1 Å². The Hall–Kier alpha value is -0.920. The van der Waals surface area contributed by atoms with Crippen molar-refractivity contribution in [2.45, 2.75) is 72.1 Å². The first-order valence-corrected chi connectivity index (χ1v) is 9.60. The molecule has 0 radical (unpaired) electrons. The number of carbonyl (C=O) groups excluding carboxylic acids is 2. The van der Waals surface area contributed by atoms with Crippen LogP contribution in [0.4, 0.5) is 0 Å². The lowest BCUT2D eigenvalue weighted by Gasteiger charge is -2.58. The van der Waals surface area contributed by atoms with Gasteiger partial charge in [-0.3, -0.25) is 9.59 Å². The van der Waals surface area contributed by atoms with E-state index in [2.05, 4.69) is 13.8 Å². The molecule has 0 amide bonds. The molecular weight excluding hydrogens is 284 g/mol. The van der Waals surface area contributed by atoms with Crippen LogP contribution in [0.15, 0.2) is 11.6 Å². The van der Waals surface area contributed by atoms with Crippen LogP contribution >= 0.6 is 0 Å². The van der Waals surface area contributed by atoms with E-state index >= 15 is 0 Å². The van der Waals surface area contributed by atoms with Crippen molar-refractivity contribution in [2.75, 3.05) is 0 Å². The summed E-state index contributed by atoms with van der Waals surface area (Å²) in [6.07, 6.45) is 10.9. The maximum absolute atomic E-state index is 12.1. The second-order valence-corrected chi connectivity index (χ2v) is 9.25. The predicted octanol–water partition coefficient (Wildman–Crippen LogP) is 4.72. The summed E-state index contributed by atoms with van der Waals surface area (Å²) in [6.45, 7) is 6.65. The molecule has 2 nitrogen and oxygen atoms in total. The molecule has 0 spiro atoms. The van der Waals surface area contributed by atoms with Gasteiger partial charge in [0.15, 0.2) is 5.78 Å². The minimum absolute atomic E-state index is 0.245. The molecule has 4 aliphatic rings. The van der Waals surface area contributed by atoms with Gasteiger partial charge < -0.3 is 0 Å². The largest absolute Gasteiger partial charge is 0.300 e. The smallest absolute Gasteiger partial charge is 0.155 e. The summed E-state index contributed by atoms with van der Waals surface area (Å²) in [6, 6.07) is 0. The monoisotopic (exact) mass is 314 g/mol. The van der Waals surface area contributed by atoms with Crippen molar-refractivity contribution in [1.29, 1.82) is 0 Å². The summed E-state index contributed by atoms with van der Waals surface area (Å²) < 4.78 is 0. The highest BCUT2D eigenvalue weighted by Crippen LogP contribution is 2.66. The zero-order valence-electron chi connectivity index (χ0n) is 14.9. The number of Topliss-reactive ketones (excluding diaryl/α,β-unsaturated/α-hetero) is 1. The van der Waals surface area contributed by atoms with Crippen molar-refractivity contribution in [3.05, 3.63) is 11.6 Å². The maximum atomic E-state index is 12.1. The van der Waals surface area contributed by atoms with Crippen LogP contribution in [0.25, 0.3) is 0 Å². The van der Waals surface area contributed by atoms with Crippen LogP contribution in [0.2, 0.25) is 0 Å². The van der Waals surface area contributed by atoms with E-state index in [1.807, 2.05) is 6.08 Å². The highest BCUT2D eigenvalue weighted by atomic mass is 16.1. The Morgan fingerprint density at radius 1 is 1.04 bits per heavy atom. The highest BCUT2D eigenvalue weighted by molar-refractivity contribution is 5.91. The van der Waals surface area contributed by atoms with Gasteiger partial charge in [0.2, 0.25) is 0 Å². The molecule has 3 saturated carbocycles. The van der Waals surface area contributed by atoms with E-state index in [0.29, 0.717) is 17.5 Å². The Morgan fingerprint density at radius 3 is 2.57 bits per heavy atom. The summed E-state index contributed by atoms with van der Waals surface area (Å²) in [5.41, 5.74) is 1.95. The Labute approximate surface area is 140 Å². The van der Waals surface area contributed by atoms with Crippen molar-refractivity contribution in [1.82, 2.24) is 0 Å². The summed E-state index contributed by atoms with van der Waals surface area (Å²) in [4.78, 5) is 24.0. The standard InChI is InChI=1S/C21H30O2/c1-13(22)17-6-7-18-16-5-4-14-12-15(23)8-10-20(14,2)19(16)9-11-21(17,18)3/h12,16-19H,4-11H2,1-3H3/t16-,17+,18+,19-,20-,21-/m1/s1. The summed E-state index contributed by atoms with van der Waals surface area (Å²) >= 11 is 0. The lowest BCUT2D eigenvalue weighted by molar-refractivity contribution is -0.128. The molecule has 4 aliphatic carbocycles. The molecule has 2 heteroatoms. The zero-order chi connectivity index (χ0) is 16.4. The average molecular weight is 314 g/mol. The van der Waals surface area contributed by atoms with Gasteiger partial charge in [0.05, 0.1) is 0 Å². The van der Waals surface area contributed by atoms with Crippen molar-refractivity contribution >= 4 is 11.6 Å². The molecular formula is C21H30O2. The number of fused-ring (bicyclic) bond motifs is 5. The van der Waals surface area contributed by atoms with E-state index in [1.165, 1.54) is 31.3 Å². The lowest BCUT2D eigenvalue weighted by atomic mass is 9.47. The second kappa shape index (κ2) is 5.04. The van der Waals surface area contributed by atoms with Gasteiger partial charge in [0.25, 0.3) is 0 Å². The molecule has 0 N–H and O–H groups in total. The van der Waals surface area contributed by atoms with Crippen molar-refractivity contribution in [3.63, 3.8) is 0 Å². The van der Waals surface area contributed by atoms with Crippen LogP contribution in [0.3, 0.4) is 0 Å². The molecule has 126 valence electrons. The minimum atomic E-state index is 0.245. The van der Waals surface area contributed by atoms with E-state index in [-0.39, 0.29) is 10.8 Å². The van der Waals surface area contributed by atoms with Gasteiger partial charge in [0.1, 0.15) is 5.78 Å². The summed E-state index contributed by atoms with van der Waals surface area (Å²) in [5, 5.41) is 0. The molecule has 6 atom stereocenters. The Bertz CT molecular complexity index is 589. The summed E-state index contributed by atoms with van der Waals surface area (Å²) in [5.74, 6) is 3.29. The van der Waals surface area contributed by atoms with Crippen molar-refractivity contribution in [2.24, 2.45) is 34.5 Å². The normalized spacial score (nSPS) is 49.0. The molecule has 0 aromatic carbocycles. The van der Waals surface area contributed by atoms with Crippen molar-refractivity contribution in [3.8, 4) is 0 Å². The van der Waals surface area contributed by atoms with E-state index in [1.54, 1.807) is 6.92 Å². The first kappa shape index (κ1) is 15.6. The first-order valence-electron chi connectivity index (χ1n) is 9.60. The molecule has 0 aliphatic heterocycles. The van der Waals surface area contributed by atoms with Gasteiger partial charge in [-0.25, -0.2) is 0 Å². The second-order valence-electron chi connectivity index (χ2n) is 9.25. The number of ketones is 2. The fraction of sp³-hybridized carbons (Fsp3) is 0.810. The topological polar surface area (TPSA) is 34.1 Å². The number of rotatable bonds is 1. The van der Waals surface area contributed by atoms with Gasteiger partial charge in [-0.05, 0) is 86.5 Å². The molecule has 0 heterocycles. The number of allylic oxidation sites excluding steroid dienone is 1. The van der Waals surface area contributed by atoms with E-state index < -0.39 is 0 Å². The fourth-order valence-electron chi connectivity index (χ4n) is 7.23. The molecule has 0 saturated heterocycles. The fourth-order valence-corrected chi connectivity index (χ4v) is 7.23. The van der Waals surface area contributed by atoms with Gasteiger partial charge in [-0.2, -0.15) is 0 Å². The summed E-state index contributed by atoms with van der Waals surface area (Å²) in [7, 11) is 0. The predicted molar refractivity (Wildman–Crippen MR) is 90.9 cm³/mol. The third kappa shape index (κ3) is 2.06. The first-order chi connectivity index (χ1) is 10.9. The Balaban J connectivity index is 1.67. The highest BCUT2D eigenvalue weighted by Gasteiger charge is 2.59. The molecule has 0 aromatic rings. The van der Waals surface area contributed by atoms with Crippen LogP contribution in [0, 0.1) is 34.5 Å². The molecule has 0 aromatic heterocycles. The van der Waals surface area contributed by atoms with Crippen LogP contribution in [-0.4, -0.2) is 11.6 Å². The third-order valence-corrected chi connectivity index (χ3v) is 8.45. The molecule has 0 unspecified atom stereocenters. The number of carbonyl (C=O) groups is 2. The number of hydrogen-bond donors (Lipinski definition) is 0. The maximum Gasteiger partial charge on any atom is 0.155 e. The van der Waals surface area contributed by atoms with Gasteiger partial charge in [-0.15, -0.1) is 0 Å². The van der Waals surface area contributed by atoms with E-state index in [4.69, 9.17) is 0 Å². The SMILES string of the molecule is CC(=O)[C@@H]1CC[C@H]2[C@H]3CCC4=CC(=O)CC[C@@]4(C)[C@@H]3CC[C@]12C. The molecule has 23 heavy (non-hydrogen) atoms. The van der Waals surface area contributed by atoms with Crippen LogP contribution in [0.5, 0.6) is 0 Å². The molecule has 0 bridgehead atoms. The Kier molecular flexibility index (Phi) is 3.42. The molecule has 3 fully saturated rings. The lowest BCUT2D eigenvalue weighted by Crippen LogP contribution is -2.51. The zero-order valence-corrected chi connectivity index (χ0v) is 14.9. The average Bonchev–Trinajstić information content (AvgIpc) is 2.85.